The Morgan fingerprint density at radius 2 is 1.50 bits per heavy atom. The highest BCUT2D eigenvalue weighted by Crippen LogP contribution is 2.02. The van der Waals surface area contributed by atoms with Gasteiger partial charge in [0.25, 0.3) is 0 Å². The zero-order valence-corrected chi connectivity index (χ0v) is 12.9. The van der Waals surface area contributed by atoms with Gasteiger partial charge in [-0.15, -0.1) is 0 Å². The molecule has 0 saturated carbocycles. The second kappa shape index (κ2) is 9.60. The van der Waals surface area contributed by atoms with Gasteiger partial charge in [0, 0.05) is 0 Å². The summed E-state index contributed by atoms with van der Waals surface area (Å²) in [6.07, 6.45) is 0.237. The molecule has 2 amide bonds. The van der Waals surface area contributed by atoms with E-state index in [-0.39, 0.29) is 6.42 Å². The summed E-state index contributed by atoms with van der Waals surface area (Å²) in [6, 6.07) is 5.16. The van der Waals surface area contributed by atoms with Crippen LogP contribution in [0.2, 0.25) is 0 Å². The number of hydrogen-bond acceptors (Lipinski definition) is 6. The Bertz CT molecular complexity index is 566. The summed E-state index contributed by atoms with van der Waals surface area (Å²) in [5, 5.41) is 31.1. The van der Waals surface area contributed by atoms with E-state index in [0.29, 0.717) is 0 Å². The van der Waals surface area contributed by atoms with Gasteiger partial charge in [-0.2, -0.15) is 0 Å². The second-order valence-electron chi connectivity index (χ2n) is 5.12. The number of nitrogens with two attached hydrogens (primary N) is 1. The predicted octanol–water partition coefficient (Wildman–Crippen LogP) is -2.40. The van der Waals surface area contributed by atoms with E-state index in [2.05, 4.69) is 5.32 Å². The minimum atomic E-state index is -1.53. The first-order valence-corrected chi connectivity index (χ1v) is 7.23. The molecule has 0 heterocycles. The number of aliphatic hydroxyl groups excluding tert-OH is 2. The second-order valence-corrected chi connectivity index (χ2v) is 5.12. The van der Waals surface area contributed by atoms with Gasteiger partial charge < -0.3 is 31.7 Å². The lowest BCUT2D eigenvalue weighted by Crippen LogP contribution is -2.56. The van der Waals surface area contributed by atoms with Crippen molar-refractivity contribution in [1.29, 1.82) is 0 Å². The van der Waals surface area contributed by atoms with Crippen LogP contribution in [0.25, 0.3) is 0 Å². The number of benzene rings is 1. The Hall–Kier alpha value is -2.49. The number of nitrogens with one attached hydrogen (secondary N) is 2. The fraction of sp³-hybridized carbons (Fsp3) is 0.400. The van der Waals surface area contributed by atoms with E-state index >= 15 is 0 Å². The lowest BCUT2D eigenvalue weighted by molar-refractivity contribution is -0.143. The number of carboxylic acids is 1. The summed E-state index contributed by atoms with van der Waals surface area (Å²) in [7, 11) is 0. The van der Waals surface area contributed by atoms with Gasteiger partial charge in [0.1, 0.15) is 12.1 Å². The average Bonchev–Trinajstić information content (AvgIpc) is 2.57. The first-order chi connectivity index (χ1) is 11.4. The van der Waals surface area contributed by atoms with Gasteiger partial charge in [-0.05, 0) is 12.0 Å². The monoisotopic (exact) mass is 339 g/mol. The van der Waals surface area contributed by atoms with Crippen LogP contribution in [0.4, 0.5) is 0 Å². The Labute approximate surface area is 138 Å². The summed E-state index contributed by atoms with van der Waals surface area (Å²) in [6.45, 7) is -1.56. The molecule has 0 radical (unpaired) electrons. The minimum absolute atomic E-state index is 0.237. The van der Waals surface area contributed by atoms with Crippen molar-refractivity contribution in [3.05, 3.63) is 35.9 Å². The SMILES string of the molecule is N[C@@H](Cc1ccccc1)C(=O)N[C@@H](CO)C(=O)N[C@@H](CO)C(=O)O. The summed E-state index contributed by atoms with van der Waals surface area (Å²) < 4.78 is 0. The molecule has 0 spiro atoms. The van der Waals surface area contributed by atoms with Gasteiger partial charge in [-0.3, -0.25) is 9.59 Å². The summed E-state index contributed by atoms with van der Waals surface area (Å²) in [5.74, 6) is -3.03. The van der Waals surface area contributed by atoms with E-state index in [1.807, 2.05) is 11.4 Å². The number of aliphatic hydroxyl groups is 2. The lowest BCUT2D eigenvalue weighted by Gasteiger charge is -2.20. The van der Waals surface area contributed by atoms with Gasteiger partial charge >= 0.3 is 5.97 Å². The van der Waals surface area contributed by atoms with Crippen LogP contribution in [0.15, 0.2) is 30.3 Å². The van der Waals surface area contributed by atoms with E-state index in [4.69, 9.17) is 15.9 Å². The van der Waals surface area contributed by atoms with Crippen LogP contribution in [-0.2, 0) is 20.8 Å². The molecule has 1 aromatic rings. The molecule has 9 heteroatoms. The van der Waals surface area contributed by atoms with Crippen molar-refractivity contribution in [3.8, 4) is 0 Å². The van der Waals surface area contributed by atoms with Crippen LogP contribution in [0.3, 0.4) is 0 Å². The van der Waals surface area contributed by atoms with Crippen molar-refractivity contribution in [3.63, 3.8) is 0 Å². The van der Waals surface area contributed by atoms with Gasteiger partial charge in [-0.25, -0.2) is 4.79 Å². The number of amides is 2. The summed E-state index contributed by atoms with van der Waals surface area (Å²) in [4.78, 5) is 34.6. The predicted molar refractivity (Wildman–Crippen MR) is 83.8 cm³/mol. The van der Waals surface area contributed by atoms with Crippen molar-refractivity contribution >= 4 is 17.8 Å². The normalized spacial score (nSPS) is 14.3. The van der Waals surface area contributed by atoms with E-state index < -0.39 is 49.1 Å². The Morgan fingerprint density at radius 1 is 0.958 bits per heavy atom. The molecule has 7 N–H and O–H groups in total. The minimum Gasteiger partial charge on any atom is -0.480 e. The van der Waals surface area contributed by atoms with Crippen LogP contribution < -0.4 is 16.4 Å². The topological polar surface area (TPSA) is 162 Å². The molecule has 1 aromatic carbocycles. The fourth-order valence-electron chi connectivity index (χ4n) is 1.89. The van der Waals surface area contributed by atoms with Gasteiger partial charge in [0.05, 0.1) is 19.3 Å². The van der Waals surface area contributed by atoms with E-state index in [0.717, 1.165) is 5.56 Å². The quantitative estimate of drug-likeness (QED) is 0.292. The molecule has 0 unspecified atom stereocenters. The van der Waals surface area contributed by atoms with Crippen LogP contribution in [0.5, 0.6) is 0 Å². The van der Waals surface area contributed by atoms with Crippen LogP contribution >= 0.6 is 0 Å². The fourth-order valence-corrected chi connectivity index (χ4v) is 1.89. The van der Waals surface area contributed by atoms with Crippen LogP contribution in [-0.4, -0.2) is 64.4 Å². The number of hydrogen-bond donors (Lipinski definition) is 6. The third-order valence-electron chi connectivity index (χ3n) is 3.25. The summed E-state index contributed by atoms with van der Waals surface area (Å²) >= 11 is 0. The Kier molecular flexibility index (Phi) is 7.83. The van der Waals surface area contributed by atoms with Crippen molar-refractivity contribution in [2.24, 2.45) is 5.73 Å². The van der Waals surface area contributed by atoms with Crippen molar-refractivity contribution in [2.45, 2.75) is 24.5 Å². The molecular weight excluding hydrogens is 318 g/mol. The molecule has 0 bridgehead atoms. The van der Waals surface area contributed by atoms with Gasteiger partial charge in [0.2, 0.25) is 11.8 Å². The molecule has 24 heavy (non-hydrogen) atoms. The maximum absolute atomic E-state index is 12.0. The van der Waals surface area contributed by atoms with Gasteiger partial charge in [-0.1, -0.05) is 30.3 Å². The van der Waals surface area contributed by atoms with Crippen molar-refractivity contribution in [2.75, 3.05) is 13.2 Å². The van der Waals surface area contributed by atoms with E-state index in [9.17, 15) is 19.5 Å². The Morgan fingerprint density at radius 3 is 2.00 bits per heavy atom. The van der Waals surface area contributed by atoms with Crippen LogP contribution in [0, 0.1) is 0 Å². The zero-order valence-electron chi connectivity index (χ0n) is 12.9. The number of carbonyl (C=O) groups excluding carboxylic acids is 2. The number of carboxylic acid groups (broad SMARTS) is 1. The van der Waals surface area contributed by atoms with E-state index in [1.54, 1.807) is 24.3 Å². The standard InChI is InChI=1S/C15H21N3O6/c16-10(6-9-4-2-1-3-5-9)13(21)17-11(7-19)14(22)18-12(8-20)15(23)24/h1-5,10-12,19-20H,6-8,16H2,(H,17,21)(H,18,22)(H,23,24)/t10-,11-,12-/m0/s1. The van der Waals surface area contributed by atoms with E-state index in [1.165, 1.54) is 0 Å². The maximum Gasteiger partial charge on any atom is 0.328 e. The van der Waals surface area contributed by atoms with Crippen molar-refractivity contribution < 1.29 is 29.7 Å². The highest BCUT2D eigenvalue weighted by atomic mass is 16.4. The average molecular weight is 339 g/mol. The lowest BCUT2D eigenvalue weighted by atomic mass is 10.1. The third-order valence-corrected chi connectivity index (χ3v) is 3.25. The molecule has 0 aliphatic carbocycles. The molecule has 0 aliphatic heterocycles. The maximum atomic E-state index is 12.0. The third kappa shape index (κ3) is 5.95. The molecule has 9 nitrogen and oxygen atoms in total. The summed E-state index contributed by atoms with van der Waals surface area (Å²) in [5.41, 5.74) is 6.60. The van der Waals surface area contributed by atoms with Crippen LogP contribution in [0.1, 0.15) is 5.56 Å². The number of carbonyl (C=O) groups is 3. The first-order valence-electron chi connectivity index (χ1n) is 7.23. The molecule has 3 atom stereocenters. The molecule has 132 valence electrons. The number of rotatable bonds is 9. The smallest absolute Gasteiger partial charge is 0.328 e. The molecular formula is C15H21N3O6. The molecule has 1 rings (SSSR count). The molecule has 0 fully saturated rings. The molecule has 0 saturated heterocycles. The number of aliphatic carboxylic acids is 1. The molecule has 0 aliphatic rings. The Balaban J connectivity index is 2.61. The van der Waals surface area contributed by atoms with Gasteiger partial charge in [0.15, 0.2) is 0 Å². The largest absolute Gasteiger partial charge is 0.480 e. The molecule has 0 aromatic heterocycles. The zero-order chi connectivity index (χ0) is 18.1. The van der Waals surface area contributed by atoms with Crippen molar-refractivity contribution in [1.82, 2.24) is 10.6 Å². The highest BCUT2D eigenvalue weighted by molar-refractivity contribution is 5.91. The highest BCUT2D eigenvalue weighted by Gasteiger charge is 2.27. The first kappa shape index (κ1) is 19.6.